The van der Waals surface area contributed by atoms with E-state index in [0.717, 1.165) is 0 Å². The number of nitrogens with one attached hydrogen (secondary N) is 2. The summed E-state index contributed by atoms with van der Waals surface area (Å²) in [5.74, 6) is -0.679. The lowest BCUT2D eigenvalue weighted by Gasteiger charge is -2.09. The van der Waals surface area contributed by atoms with Crippen molar-refractivity contribution in [3.8, 4) is 0 Å². The number of urea groups is 1. The second kappa shape index (κ2) is 7.31. The number of aliphatic hydroxyl groups is 1. The lowest BCUT2D eigenvalue weighted by Crippen LogP contribution is -2.37. The molecule has 1 aromatic rings. The van der Waals surface area contributed by atoms with E-state index in [1.165, 1.54) is 0 Å². The van der Waals surface area contributed by atoms with Gasteiger partial charge in [-0.25, -0.2) is 9.59 Å². The van der Waals surface area contributed by atoms with E-state index in [1.54, 1.807) is 10.9 Å². The largest absolute Gasteiger partial charge is 0.479 e. The minimum Gasteiger partial charge on any atom is -0.479 e. The van der Waals surface area contributed by atoms with Crippen LogP contribution in [0.4, 0.5) is 4.79 Å². The molecule has 0 aliphatic carbocycles. The van der Waals surface area contributed by atoms with Crippen LogP contribution in [-0.4, -0.2) is 49.6 Å². The first-order valence-corrected chi connectivity index (χ1v) is 5.83. The van der Waals surface area contributed by atoms with Crippen LogP contribution in [0.25, 0.3) is 0 Å². The van der Waals surface area contributed by atoms with Crippen LogP contribution in [0.2, 0.25) is 0 Å². The van der Waals surface area contributed by atoms with Crippen LogP contribution in [-0.2, 0) is 17.9 Å². The molecule has 0 aliphatic rings. The second-order valence-corrected chi connectivity index (χ2v) is 3.79. The molecule has 0 fully saturated rings. The van der Waals surface area contributed by atoms with E-state index in [-0.39, 0.29) is 19.5 Å². The van der Waals surface area contributed by atoms with Crippen molar-refractivity contribution in [1.29, 1.82) is 0 Å². The molecule has 0 saturated carbocycles. The third-order valence-electron chi connectivity index (χ3n) is 2.43. The fraction of sp³-hybridized carbons (Fsp3) is 0.600. The van der Waals surface area contributed by atoms with Crippen LogP contribution in [0, 0.1) is 0 Å². The number of hydrogen-bond acceptors (Lipinski definition) is 5. The summed E-state index contributed by atoms with van der Waals surface area (Å²) >= 11 is 0. The third-order valence-corrected chi connectivity index (χ3v) is 2.43. The van der Waals surface area contributed by atoms with Crippen molar-refractivity contribution in [3.05, 3.63) is 12.2 Å². The molecule has 0 saturated heterocycles. The van der Waals surface area contributed by atoms with Gasteiger partial charge in [-0.15, -0.1) is 10.2 Å². The Labute approximate surface area is 109 Å². The highest BCUT2D eigenvalue weighted by Gasteiger charge is 2.12. The van der Waals surface area contributed by atoms with Crippen molar-refractivity contribution >= 4 is 12.0 Å². The number of aliphatic carboxylic acids is 1. The van der Waals surface area contributed by atoms with Crippen molar-refractivity contribution in [2.75, 3.05) is 6.54 Å². The predicted octanol–water partition coefficient (Wildman–Crippen LogP) is -1.07. The van der Waals surface area contributed by atoms with Gasteiger partial charge in [-0.1, -0.05) is 0 Å². The van der Waals surface area contributed by atoms with E-state index in [2.05, 4.69) is 20.8 Å². The average molecular weight is 271 g/mol. The maximum absolute atomic E-state index is 11.4. The summed E-state index contributed by atoms with van der Waals surface area (Å²) in [7, 11) is 0. The molecule has 19 heavy (non-hydrogen) atoms. The minimum absolute atomic E-state index is 0.0477. The molecular weight excluding hydrogens is 254 g/mol. The number of aliphatic hydroxyl groups excluding tert-OH is 1. The zero-order valence-corrected chi connectivity index (χ0v) is 10.5. The van der Waals surface area contributed by atoms with Gasteiger partial charge in [0.15, 0.2) is 11.9 Å². The van der Waals surface area contributed by atoms with Crippen molar-refractivity contribution in [1.82, 2.24) is 25.4 Å². The minimum atomic E-state index is -1.47. The van der Waals surface area contributed by atoms with E-state index in [0.29, 0.717) is 12.4 Å². The molecule has 1 heterocycles. The summed E-state index contributed by atoms with van der Waals surface area (Å²) in [6.45, 7) is 2.93. The van der Waals surface area contributed by atoms with Gasteiger partial charge in [0, 0.05) is 19.5 Å². The summed E-state index contributed by atoms with van der Waals surface area (Å²) in [6, 6.07) is -0.455. The molecule has 1 atom stereocenters. The number of aryl methyl sites for hydroxylation is 1. The van der Waals surface area contributed by atoms with Crippen LogP contribution in [0.1, 0.15) is 19.2 Å². The molecule has 1 aromatic heterocycles. The summed E-state index contributed by atoms with van der Waals surface area (Å²) in [6.07, 6.45) is 0.0509. The number of hydrogen-bond donors (Lipinski definition) is 4. The van der Waals surface area contributed by atoms with E-state index >= 15 is 0 Å². The van der Waals surface area contributed by atoms with Gasteiger partial charge in [0.2, 0.25) is 0 Å². The Morgan fingerprint density at radius 1 is 1.47 bits per heavy atom. The Hall–Kier alpha value is -2.16. The summed E-state index contributed by atoms with van der Waals surface area (Å²) in [5.41, 5.74) is 0. The zero-order chi connectivity index (χ0) is 14.3. The van der Waals surface area contributed by atoms with Crippen molar-refractivity contribution in [2.45, 2.75) is 32.5 Å². The zero-order valence-electron chi connectivity index (χ0n) is 10.5. The van der Waals surface area contributed by atoms with Gasteiger partial charge in [0.25, 0.3) is 0 Å². The number of carbonyl (C=O) groups excluding carboxylic acids is 1. The van der Waals surface area contributed by atoms with Gasteiger partial charge < -0.3 is 25.4 Å². The molecule has 0 radical (unpaired) electrons. The van der Waals surface area contributed by atoms with Crippen LogP contribution in [0.3, 0.4) is 0 Å². The molecule has 0 unspecified atom stereocenters. The Morgan fingerprint density at radius 2 is 2.21 bits per heavy atom. The second-order valence-electron chi connectivity index (χ2n) is 3.79. The fourth-order valence-corrected chi connectivity index (χ4v) is 1.35. The lowest BCUT2D eigenvalue weighted by atomic mass is 10.2. The van der Waals surface area contributed by atoms with Crippen LogP contribution in [0.15, 0.2) is 6.33 Å². The smallest absolute Gasteiger partial charge is 0.332 e. The number of aromatic nitrogens is 3. The van der Waals surface area contributed by atoms with Gasteiger partial charge in [0.1, 0.15) is 6.33 Å². The first-order chi connectivity index (χ1) is 9.04. The van der Waals surface area contributed by atoms with E-state index in [9.17, 15) is 9.59 Å². The van der Waals surface area contributed by atoms with Crippen molar-refractivity contribution in [3.63, 3.8) is 0 Å². The highest BCUT2D eigenvalue weighted by molar-refractivity contribution is 5.74. The molecule has 1 rings (SSSR count). The Bertz CT molecular complexity index is 433. The first kappa shape index (κ1) is 14.9. The first-order valence-electron chi connectivity index (χ1n) is 5.83. The fourth-order valence-electron chi connectivity index (χ4n) is 1.35. The molecule has 0 aromatic carbocycles. The van der Waals surface area contributed by atoms with Crippen LogP contribution >= 0.6 is 0 Å². The molecule has 106 valence electrons. The lowest BCUT2D eigenvalue weighted by molar-refractivity contribution is -0.146. The maximum atomic E-state index is 11.4. The molecule has 0 spiro atoms. The Morgan fingerprint density at radius 3 is 2.84 bits per heavy atom. The Balaban J connectivity index is 2.23. The normalized spacial score (nSPS) is 11.9. The number of carbonyl (C=O) groups is 2. The van der Waals surface area contributed by atoms with E-state index in [1.807, 2.05) is 6.92 Å². The monoisotopic (exact) mass is 271 g/mol. The highest BCUT2D eigenvalue weighted by atomic mass is 16.4. The van der Waals surface area contributed by atoms with Crippen molar-refractivity contribution in [2.24, 2.45) is 0 Å². The molecule has 0 aliphatic heterocycles. The topological polar surface area (TPSA) is 129 Å². The molecule has 9 heteroatoms. The van der Waals surface area contributed by atoms with Crippen LogP contribution in [0.5, 0.6) is 0 Å². The molecular formula is C10H17N5O4. The number of nitrogens with zero attached hydrogens (tertiary/aromatic N) is 3. The van der Waals surface area contributed by atoms with Gasteiger partial charge in [-0.3, -0.25) is 0 Å². The number of carboxylic acid groups (broad SMARTS) is 1. The van der Waals surface area contributed by atoms with Gasteiger partial charge >= 0.3 is 12.0 Å². The van der Waals surface area contributed by atoms with Gasteiger partial charge in [-0.2, -0.15) is 0 Å². The van der Waals surface area contributed by atoms with Gasteiger partial charge in [0.05, 0.1) is 6.54 Å². The summed E-state index contributed by atoms with van der Waals surface area (Å²) < 4.78 is 1.79. The van der Waals surface area contributed by atoms with Crippen molar-refractivity contribution < 1.29 is 19.8 Å². The summed E-state index contributed by atoms with van der Waals surface area (Å²) in [5, 5.41) is 30.0. The van der Waals surface area contributed by atoms with Crippen LogP contribution < -0.4 is 10.6 Å². The average Bonchev–Trinajstić information content (AvgIpc) is 2.83. The number of rotatable bonds is 7. The maximum Gasteiger partial charge on any atom is 0.332 e. The van der Waals surface area contributed by atoms with E-state index < -0.39 is 18.1 Å². The van der Waals surface area contributed by atoms with E-state index in [4.69, 9.17) is 10.2 Å². The Kier molecular flexibility index (Phi) is 5.73. The third kappa shape index (κ3) is 4.92. The number of carboxylic acids is 1. The SMILES string of the molecule is CCn1cnnc1CNC(=O)NCC[C@H](O)C(=O)O. The molecule has 2 amide bonds. The summed E-state index contributed by atoms with van der Waals surface area (Å²) in [4.78, 5) is 21.7. The molecule has 4 N–H and O–H groups in total. The quantitative estimate of drug-likeness (QED) is 0.500. The number of amides is 2. The standard InChI is InChI=1S/C10H17N5O4/c1-2-15-6-13-14-8(15)5-12-10(19)11-4-3-7(16)9(17)18/h6-7,16H,2-5H2,1H3,(H,17,18)(H2,11,12,19)/t7-/m0/s1. The molecule has 9 nitrogen and oxygen atoms in total. The molecule has 0 bridgehead atoms. The highest BCUT2D eigenvalue weighted by Crippen LogP contribution is 1.94. The van der Waals surface area contributed by atoms with Gasteiger partial charge in [-0.05, 0) is 6.92 Å². The predicted molar refractivity (Wildman–Crippen MR) is 64.2 cm³/mol.